The van der Waals surface area contributed by atoms with Crippen molar-refractivity contribution < 1.29 is 14.4 Å². The topological polar surface area (TPSA) is 78.5 Å². The van der Waals surface area contributed by atoms with Crippen molar-refractivity contribution in [2.75, 3.05) is 13.1 Å². The molecule has 3 fully saturated rings. The first-order chi connectivity index (χ1) is 13.0. The third kappa shape index (κ3) is 3.31. The highest BCUT2D eigenvalue weighted by molar-refractivity contribution is 6.35. The lowest BCUT2D eigenvalue weighted by Crippen LogP contribution is -2.60. The van der Waals surface area contributed by atoms with Gasteiger partial charge in [0, 0.05) is 23.5 Å². The Morgan fingerprint density at radius 1 is 1.26 bits per heavy atom. The zero-order valence-corrected chi connectivity index (χ0v) is 15.9. The van der Waals surface area contributed by atoms with Gasteiger partial charge in [0.25, 0.3) is 0 Å². The van der Waals surface area contributed by atoms with Crippen LogP contribution in [0.15, 0.2) is 24.3 Å². The Kier molecular flexibility index (Phi) is 4.84. The molecule has 2 bridgehead atoms. The van der Waals surface area contributed by atoms with Gasteiger partial charge in [0.05, 0.1) is 6.04 Å². The molecule has 2 aliphatic heterocycles. The van der Waals surface area contributed by atoms with Crippen LogP contribution < -0.4 is 10.6 Å². The summed E-state index contributed by atoms with van der Waals surface area (Å²) in [6.07, 6.45) is 5.48. The Morgan fingerprint density at radius 3 is 2.78 bits per heavy atom. The molecule has 0 radical (unpaired) electrons. The molecule has 1 aliphatic carbocycles. The van der Waals surface area contributed by atoms with E-state index in [1.807, 2.05) is 24.3 Å². The summed E-state index contributed by atoms with van der Waals surface area (Å²) in [5.41, 5.74) is 0.927. The molecule has 2 heterocycles. The maximum Gasteiger partial charge on any atom is 0.312 e. The van der Waals surface area contributed by atoms with E-state index in [9.17, 15) is 14.4 Å². The first kappa shape index (κ1) is 18.3. The number of fused-ring (bicyclic) bond motifs is 2. The number of hydrogen-bond donors (Lipinski definition) is 2. The lowest BCUT2D eigenvalue weighted by molar-refractivity contribution is -0.151. The number of nitrogens with one attached hydrogen (secondary N) is 2. The number of amides is 3. The van der Waals surface area contributed by atoms with Gasteiger partial charge in [-0.3, -0.25) is 14.4 Å². The Balaban J connectivity index is 1.46. The average molecular weight is 390 g/mol. The van der Waals surface area contributed by atoms with Crippen LogP contribution in [-0.2, 0) is 19.8 Å². The smallest absolute Gasteiger partial charge is 0.312 e. The molecule has 1 aromatic carbocycles. The molecule has 0 aromatic heterocycles. The van der Waals surface area contributed by atoms with Gasteiger partial charge in [-0.15, -0.1) is 0 Å². The Hall–Kier alpha value is -2.08. The normalized spacial score (nSPS) is 26.0. The predicted molar refractivity (Wildman–Crippen MR) is 101 cm³/mol. The predicted octanol–water partition coefficient (Wildman–Crippen LogP) is 1.76. The lowest BCUT2D eigenvalue weighted by atomic mass is 9.79. The second kappa shape index (κ2) is 7.15. The Labute approximate surface area is 163 Å². The Morgan fingerprint density at radius 2 is 2.04 bits per heavy atom. The molecule has 144 valence electrons. The number of hydrogen-bond acceptors (Lipinski definition) is 3. The van der Waals surface area contributed by atoms with E-state index >= 15 is 0 Å². The number of rotatable bonds is 3. The quantitative estimate of drug-likeness (QED) is 0.773. The first-order valence-corrected chi connectivity index (χ1v) is 10.0. The summed E-state index contributed by atoms with van der Waals surface area (Å²) in [5, 5.41) is 6.34. The molecule has 6 nitrogen and oxygen atoms in total. The number of nitrogens with zero attached hydrogens (tertiary/aromatic N) is 1. The molecule has 2 saturated heterocycles. The van der Waals surface area contributed by atoms with Crippen LogP contribution in [0.1, 0.15) is 44.1 Å². The second-order valence-electron chi connectivity index (χ2n) is 7.89. The molecule has 2 N–H and O–H groups in total. The minimum absolute atomic E-state index is 0.0701. The fourth-order valence-corrected chi connectivity index (χ4v) is 5.05. The van der Waals surface area contributed by atoms with Crippen LogP contribution in [0.25, 0.3) is 0 Å². The monoisotopic (exact) mass is 389 g/mol. The van der Waals surface area contributed by atoms with Crippen molar-refractivity contribution in [3.8, 4) is 0 Å². The first-order valence-electron chi connectivity index (χ1n) is 9.64. The van der Waals surface area contributed by atoms with E-state index in [-0.39, 0.29) is 17.4 Å². The van der Waals surface area contributed by atoms with E-state index in [4.69, 9.17) is 11.6 Å². The van der Waals surface area contributed by atoms with E-state index < -0.39 is 17.9 Å². The second-order valence-corrected chi connectivity index (χ2v) is 8.32. The Bertz CT molecular complexity index is 775. The van der Waals surface area contributed by atoms with Gasteiger partial charge in [-0.05, 0) is 43.4 Å². The molecule has 2 unspecified atom stereocenters. The van der Waals surface area contributed by atoms with Crippen LogP contribution in [0.5, 0.6) is 0 Å². The molecule has 1 aromatic rings. The maximum atomic E-state index is 12.7. The summed E-state index contributed by atoms with van der Waals surface area (Å²) in [6.45, 7) is 0.841. The van der Waals surface area contributed by atoms with Crippen LogP contribution in [0.4, 0.5) is 0 Å². The van der Waals surface area contributed by atoms with Gasteiger partial charge in [0.2, 0.25) is 5.91 Å². The molecule has 4 rings (SSSR count). The van der Waals surface area contributed by atoms with E-state index in [1.54, 1.807) is 0 Å². The third-order valence-electron chi connectivity index (χ3n) is 6.33. The molecule has 1 saturated carbocycles. The van der Waals surface area contributed by atoms with E-state index in [0.717, 1.165) is 37.7 Å². The van der Waals surface area contributed by atoms with Gasteiger partial charge in [-0.1, -0.05) is 36.6 Å². The minimum Gasteiger partial charge on any atom is -0.352 e. The van der Waals surface area contributed by atoms with Crippen molar-refractivity contribution in [1.82, 2.24) is 15.5 Å². The molecule has 27 heavy (non-hydrogen) atoms. The van der Waals surface area contributed by atoms with Crippen molar-refractivity contribution in [1.29, 1.82) is 0 Å². The summed E-state index contributed by atoms with van der Waals surface area (Å²) in [4.78, 5) is 38.8. The number of carbonyl (C=O) groups excluding carboxylic acids is 3. The summed E-state index contributed by atoms with van der Waals surface area (Å²) in [7, 11) is 0. The van der Waals surface area contributed by atoms with Crippen molar-refractivity contribution in [3.63, 3.8) is 0 Å². The van der Waals surface area contributed by atoms with Crippen LogP contribution in [0.2, 0.25) is 5.02 Å². The van der Waals surface area contributed by atoms with Crippen molar-refractivity contribution >= 4 is 29.3 Å². The fourth-order valence-electron chi connectivity index (χ4n) is 4.86. The largest absolute Gasteiger partial charge is 0.352 e. The van der Waals surface area contributed by atoms with Crippen molar-refractivity contribution in [2.24, 2.45) is 0 Å². The average Bonchev–Trinajstić information content (AvgIpc) is 3.27. The van der Waals surface area contributed by atoms with Crippen LogP contribution in [0.3, 0.4) is 0 Å². The zero-order chi connectivity index (χ0) is 19.0. The molecule has 7 heteroatoms. The van der Waals surface area contributed by atoms with Crippen molar-refractivity contribution in [2.45, 2.75) is 56.0 Å². The molecular weight excluding hydrogens is 366 g/mol. The third-order valence-corrected chi connectivity index (χ3v) is 6.57. The highest BCUT2D eigenvalue weighted by atomic mass is 35.5. The number of benzene rings is 1. The SMILES string of the molecule is O=C(NCC1(c2cccc(Cl)c2)CCCC1)C(=O)N1C2CCC1C(=O)NC2. The van der Waals surface area contributed by atoms with E-state index in [2.05, 4.69) is 10.6 Å². The van der Waals surface area contributed by atoms with Gasteiger partial charge < -0.3 is 15.5 Å². The van der Waals surface area contributed by atoms with Crippen LogP contribution in [-0.4, -0.2) is 47.8 Å². The van der Waals surface area contributed by atoms with Crippen molar-refractivity contribution in [3.05, 3.63) is 34.9 Å². The number of halogens is 1. The van der Waals surface area contributed by atoms with Gasteiger partial charge in [-0.2, -0.15) is 0 Å². The zero-order valence-electron chi connectivity index (χ0n) is 15.2. The maximum absolute atomic E-state index is 12.7. The van der Waals surface area contributed by atoms with Crippen LogP contribution >= 0.6 is 11.6 Å². The summed E-state index contributed by atoms with van der Waals surface area (Å²) >= 11 is 6.17. The number of carbonyl (C=O) groups is 3. The highest BCUT2D eigenvalue weighted by Crippen LogP contribution is 2.41. The van der Waals surface area contributed by atoms with Crippen LogP contribution in [0, 0.1) is 0 Å². The molecular formula is C20H24ClN3O3. The van der Waals surface area contributed by atoms with Gasteiger partial charge in [0.15, 0.2) is 0 Å². The molecule has 2 atom stereocenters. The summed E-state index contributed by atoms with van der Waals surface area (Å²) < 4.78 is 0. The summed E-state index contributed by atoms with van der Waals surface area (Å²) in [6, 6.07) is 7.19. The minimum atomic E-state index is -0.616. The number of piperazine rings is 1. The molecule has 0 spiro atoms. The van der Waals surface area contributed by atoms with Gasteiger partial charge >= 0.3 is 11.8 Å². The molecule has 3 amide bonds. The standard InChI is InChI=1S/C20H24ClN3O3/c21-14-5-3-4-13(10-14)20(8-1-2-9-20)12-23-18(26)19(27)24-15-6-7-16(24)17(25)22-11-15/h3-5,10,15-16H,1-2,6-9,11-12H2,(H,22,25)(H,23,26). The lowest BCUT2D eigenvalue weighted by Gasteiger charge is -2.34. The molecule has 3 aliphatic rings. The summed E-state index contributed by atoms with van der Waals surface area (Å²) in [5.74, 6) is -1.36. The van der Waals surface area contributed by atoms with E-state index in [0.29, 0.717) is 24.5 Å². The van der Waals surface area contributed by atoms with Gasteiger partial charge in [-0.25, -0.2) is 0 Å². The highest BCUT2D eigenvalue weighted by Gasteiger charge is 2.46. The fraction of sp³-hybridized carbons (Fsp3) is 0.550. The van der Waals surface area contributed by atoms with E-state index in [1.165, 1.54) is 4.90 Å². The van der Waals surface area contributed by atoms with Gasteiger partial charge in [0.1, 0.15) is 6.04 Å².